The predicted molar refractivity (Wildman–Crippen MR) is 164 cm³/mol. The van der Waals surface area contributed by atoms with Crippen LogP contribution in [0, 0.1) is 0 Å². The summed E-state index contributed by atoms with van der Waals surface area (Å²) in [4.78, 5) is 9.25. The third-order valence-corrected chi connectivity index (χ3v) is 9.04. The lowest BCUT2D eigenvalue weighted by atomic mass is 10.1. The van der Waals surface area contributed by atoms with Crippen molar-refractivity contribution in [2.45, 2.75) is 0 Å². The lowest BCUT2D eigenvalue weighted by Crippen LogP contribution is -2.00. The molecule has 0 aliphatic rings. The van der Waals surface area contributed by atoms with Gasteiger partial charge in [-0.2, -0.15) is 0 Å². The standard InChI is InChI=1S/C34H20N4S/c1-4-12-26-21(9-1)23-17-18-24-22-10-3-6-16-30(22)39-33(24)32(23)37(26)28-14-7-15-29-31(28)25-11-2-5-13-27(25)38(29)34-35-19-8-20-36-34/h1-20H. The smallest absolute Gasteiger partial charge is 0.234 e. The molecule has 4 heterocycles. The van der Waals surface area contributed by atoms with E-state index in [0.29, 0.717) is 5.95 Å². The zero-order valence-electron chi connectivity index (χ0n) is 20.7. The summed E-state index contributed by atoms with van der Waals surface area (Å²) in [6.45, 7) is 0. The van der Waals surface area contributed by atoms with Crippen LogP contribution in [-0.2, 0) is 0 Å². The number of hydrogen-bond donors (Lipinski definition) is 0. The van der Waals surface area contributed by atoms with E-state index >= 15 is 0 Å². The van der Waals surface area contributed by atoms with Crippen LogP contribution in [0.1, 0.15) is 0 Å². The van der Waals surface area contributed by atoms with Gasteiger partial charge in [-0.25, -0.2) is 9.97 Å². The van der Waals surface area contributed by atoms with Crippen molar-refractivity contribution in [1.82, 2.24) is 19.1 Å². The highest BCUT2D eigenvalue weighted by atomic mass is 32.1. The molecule has 0 spiro atoms. The molecule has 9 rings (SSSR count). The van der Waals surface area contributed by atoms with Crippen LogP contribution in [0.3, 0.4) is 0 Å². The van der Waals surface area contributed by atoms with Gasteiger partial charge in [0.2, 0.25) is 5.95 Å². The Morgan fingerprint density at radius 2 is 1.15 bits per heavy atom. The lowest BCUT2D eigenvalue weighted by Gasteiger charge is -2.11. The molecule has 4 aromatic heterocycles. The van der Waals surface area contributed by atoms with Crippen LogP contribution in [0.25, 0.3) is 75.4 Å². The van der Waals surface area contributed by atoms with Gasteiger partial charge < -0.3 is 4.57 Å². The predicted octanol–water partition coefficient (Wildman–Crippen LogP) is 9.04. The number of aromatic nitrogens is 4. The van der Waals surface area contributed by atoms with E-state index < -0.39 is 0 Å². The Hall–Kier alpha value is -5.00. The SMILES string of the molecule is c1cnc(-n2c3ccccc3c3c(-n4c5ccccc5c5ccc6c7ccccc7sc6c54)cccc32)nc1. The van der Waals surface area contributed by atoms with Gasteiger partial charge in [-0.05, 0) is 36.4 Å². The molecule has 0 radical (unpaired) electrons. The minimum Gasteiger partial charge on any atom is -0.307 e. The molecule has 4 nitrogen and oxygen atoms in total. The molecule has 5 heteroatoms. The van der Waals surface area contributed by atoms with E-state index in [1.165, 1.54) is 52.8 Å². The van der Waals surface area contributed by atoms with Gasteiger partial charge in [-0.15, -0.1) is 11.3 Å². The Bertz CT molecular complexity index is 2390. The summed E-state index contributed by atoms with van der Waals surface area (Å²) < 4.78 is 7.29. The zero-order valence-corrected chi connectivity index (χ0v) is 21.6. The van der Waals surface area contributed by atoms with Crippen LogP contribution in [0.15, 0.2) is 122 Å². The molecule has 0 amide bonds. The highest BCUT2D eigenvalue weighted by molar-refractivity contribution is 7.26. The van der Waals surface area contributed by atoms with Crippen molar-refractivity contribution >= 4 is 75.1 Å². The average molecular weight is 517 g/mol. The van der Waals surface area contributed by atoms with Gasteiger partial charge in [0.25, 0.3) is 0 Å². The molecule has 0 unspecified atom stereocenters. The van der Waals surface area contributed by atoms with Crippen LogP contribution in [0.5, 0.6) is 0 Å². The summed E-state index contributed by atoms with van der Waals surface area (Å²) in [6, 6.07) is 39.1. The number of hydrogen-bond acceptors (Lipinski definition) is 3. The summed E-state index contributed by atoms with van der Waals surface area (Å²) in [5.74, 6) is 0.676. The Labute approximate surface area is 227 Å². The summed E-state index contributed by atoms with van der Waals surface area (Å²) in [6.07, 6.45) is 3.61. The molecule has 0 bridgehead atoms. The van der Waals surface area contributed by atoms with E-state index in [1.54, 1.807) is 12.4 Å². The summed E-state index contributed by atoms with van der Waals surface area (Å²) >= 11 is 1.88. The Balaban J connectivity index is 1.52. The van der Waals surface area contributed by atoms with E-state index in [2.05, 4.69) is 122 Å². The first-order chi connectivity index (χ1) is 19.4. The quantitative estimate of drug-likeness (QED) is 0.230. The molecule has 0 saturated heterocycles. The van der Waals surface area contributed by atoms with Gasteiger partial charge in [0, 0.05) is 49.4 Å². The molecule has 182 valence electrons. The van der Waals surface area contributed by atoms with Gasteiger partial charge >= 0.3 is 0 Å². The van der Waals surface area contributed by atoms with Gasteiger partial charge in [-0.1, -0.05) is 72.8 Å². The van der Waals surface area contributed by atoms with E-state index in [4.69, 9.17) is 0 Å². The summed E-state index contributed by atoms with van der Waals surface area (Å²) in [5.41, 5.74) is 5.82. The molecular formula is C34H20N4S. The second kappa shape index (κ2) is 7.76. The first-order valence-electron chi connectivity index (χ1n) is 13.0. The maximum absolute atomic E-state index is 4.63. The molecule has 0 fully saturated rings. The van der Waals surface area contributed by atoms with Crippen LogP contribution >= 0.6 is 11.3 Å². The molecule has 0 aliphatic carbocycles. The van der Waals surface area contributed by atoms with E-state index in [-0.39, 0.29) is 0 Å². The topological polar surface area (TPSA) is 35.6 Å². The fourth-order valence-electron chi connectivity index (χ4n) is 6.29. The van der Waals surface area contributed by atoms with Crippen LogP contribution in [-0.4, -0.2) is 19.1 Å². The zero-order chi connectivity index (χ0) is 25.5. The summed E-state index contributed by atoms with van der Waals surface area (Å²) in [7, 11) is 0. The minimum atomic E-state index is 0.676. The molecule has 39 heavy (non-hydrogen) atoms. The van der Waals surface area contributed by atoms with Crippen LogP contribution < -0.4 is 0 Å². The Morgan fingerprint density at radius 1 is 0.487 bits per heavy atom. The molecular weight excluding hydrogens is 496 g/mol. The minimum absolute atomic E-state index is 0.676. The van der Waals surface area contributed by atoms with Gasteiger partial charge in [0.15, 0.2) is 0 Å². The second-order valence-electron chi connectivity index (χ2n) is 9.86. The molecule has 0 saturated carbocycles. The monoisotopic (exact) mass is 516 g/mol. The molecule has 0 N–H and O–H groups in total. The van der Waals surface area contributed by atoms with Crippen molar-refractivity contribution in [3.05, 3.63) is 122 Å². The van der Waals surface area contributed by atoms with Crippen molar-refractivity contribution in [3.63, 3.8) is 0 Å². The van der Waals surface area contributed by atoms with E-state index in [9.17, 15) is 0 Å². The number of benzene rings is 5. The third-order valence-electron chi connectivity index (χ3n) is 7.85. The van der Waals surface area contributed by atoms with Crippen molar-refractivity contribution in [2.24, 2.45) is 0 Å². The van der Waals surface area contributed by atoms with E-state index in [1.807, 2.05) is 17.4 Å². The molecule has 0 atom stereocenters. The number of para-hydroxylation sites is 2. The molecule has 5 aromatic carbocycles. The number of nitrogens with zero attached hydrogens (tertiary/aromatic N) is 4. The van der Waals surface area contributed by atoms with Crippen molar-refractivity contribution in [1.29, 1.82) is 0 Å². The van der Waals surface area contributed by atoms with E-state index in [0.717, 1.165) is 16.7 Å². The Morgan fingerprint density at radius 3 is 2.00 bits per heavy atom. The lowest BCUT2D eigenvalue weighted by molar-refractivity contribution is 0.988. The normalized spacial score (nSPS) is 12.1. The van der Waals surface area contributed by atoms with Crippen molar-refractivity contribution < 1.29 is 0 Å². The number of thiophene rings is 1. The fourth-order valence-corrected chi connectivity index (χ4v) is 7.53. The van der Waals surface area contributed by atoms with Gasteiger partial charge in [0.05, 0.1) is 32.5 Å². The first-order valence-corrected chi connectivity index (χ1v) is 13.8. The van der Waals surface area contributed by atoms with Crippen LogP contribution in [0.2, 0.25) is 0 Å². The Kier molecular flexibility index (Phi) is 4.18. The van der Waals surface area contributed by atoms with Crippen LogP contribution in [0.4, 0.5) is 0 Å². The number of fused-ring (bicyclic) bond motifs is 10. The third kappa shape index (κ3) is 2.77. The maximum Gasteiger partial charge on any atom is 0.234 e. The fraction of sp³-hybridized carbons (Fsp3) is 0. The highest BCUT2D eigenvalue weighted by Crippen LogP contribution is 2.44. The van der Waals surface area contributed by atoms with Gasteiger partial charge in [-0.3, -0.25) is 4.57 Å². The largest absolute Gasteiger partial charge is 0.307 e. The first kappa shape index (κ1) is 21.0. The van der Waals surface area contributed by atoms with Gasteiger partial charge in [0.1, 0.15) is 0 Å². The molecule has 9 aromatic rings. The second-order valence-corrected chi connectivity index (χ2v) is 10.9. The summed E-state index contributed by atoms with van der Waals surface area (Å²) in [5, 5.41) is 7.54. The highest BCUT2D eigenvalue weighted by Gasteiger charge is 2.22. The molecule has 0 aliphatic heterocycles. The van der Waals surface area contributed by atoms with Crippen molar-refractivity contribution in [2.75, 3.05) is 0 Å². The van der Waals surface area contributed by atoms with Crippen molar-refractivity contribution in [3.8, 4) is 11.6 Å². The number of rotatable bonds is 2. The average Bonchev–Trinajstić information content (AvgIpc) is 3.65. The maximum atomic E-state index is 4.63.